The molecule has 0 amide bonds. The fraction of sp³-hybridized carbons (Fsp3) is 0.600. The van der Waals surface area contributed by atoms with Crippen LogP contribution in [0.2, 0.25) is 0 Å². The van der Waals surface area contributed by atoms with Crippen molar-refractivity contribution in [3.8, 4) is 0 Å². The van der Waals surface area contributed by atoms with E-state index in [1.54, 1.807) is 5.56 Å². The Labute approximate surface area is 98.0 Å². The summed E-state index contributed by atoms with van der Waals surface area (Å²) in [6.45, 7) is 4.47. The summed E-state index contributed by atoms with van der Waals surface area (Å²) in [6, 6.07) is 4.31. The van der Waals surface area contributed by atoms with E-state index in [1.807, 2.05) is 0 Å². The van der Waals surface area contributed by atoms with E-state index in [9.17, 15) is 0 Å². The molecule has 3 rings (SSSR count). The van der Waals surface area contributed by atoms with Crippen LogP contribution in [-0.2, 0) is 5.41 Å². The van der Waals surface area contributed by atoms with Crippen LogP contribution < -0.4 is 5.73 Å². The molecule has 1 aromatic carbocycles. The summed E-state index contributed by atoms with van der Waals surface area (Å²) in [5.41, 5.74) is 11.8. The molecule has 2 aliphatic carbocycles. The van der Waals surface area contributed by atoms with Gasteiger partial charge in [-0.15, -0.1) is 0 Å². The van der Waals surface area contributed by atoms with Crippen molar-refractivity contribution in [1.29, 1.82) is 0 Å². The van der Waals surface area contributed by atoms with Gasteiger partial charge in [0, 0.05) is 5.69 Å². The van der Waals surface area contributed by atoms with Gasteiger partial charge >= 0.3 is 0 Å². The molecule has 16 heavy (non-hydrogen) atoms. The molecule has 2 bridgehead atoms. The van der Waals surface area contributed by atoms with E-state index < -0.39 is 0 Å². The van der Waals surface area contributed by atoms with Crippen molar-refractivity contribution in [3.63, 3.8) is 0 Å². The molecule has 2 aliphatic rings. The Balaban J connectivity index is 2.13. The number of nitrogen functional groups attached to an aromatic ring is 1. The summed E-state index contributed by atoms with van der Waals surface area (Å²) in [5, 5.41) is 0. The summed E-state index contributed by atoms with van der Waals surface area (Å²) >= 11 is 0. The van der Waals surface area contributed by atoms with E-state index in [4.69, 9.17) is 5.73 Å². The lowest BCUT2D eigenvalue weighted by atomic mass is 9.74. The second kappa shape index (κ2) is 3.26. The zero-order valence-corrected chi connectivity index (χ0v) is 10.3. The van der Waals surface area contributed by atoms with Crippen LogP contribution in [0.15, 0.2) is 12.1 Å². The van der Waals surface area contributed by atoms with E-state index >= 15 is 0 Å². The molecule has 0 atom stereocenters. The molecule has 86 valence electrons. The van der Waals surface area contributed by atoms with E-state index in [0.717, 1.165) is 11.6 Å². The number of anilines is 1. The smallest absolute Gasteiger partial charge is 0.0319 e. The third-order valence-electron chi connectivity index (χ3n) is 4.83. The highest BCUT2D eigenvalue weighted by atomic mass is 14.6. The molecule has 1 nitrogen and oxygen atoms in total. The first-order valence-electron chi connectivity index (χ1n) is 6.48. The van der Waals surface area contributed by atoms with Gasteiger partial charge < -0.3 is 5.73 Å². The molecular formula is C15H21N. The molecule has 0 radical (unpaired) electrons. The van der Waals surface area contributed by atoms with Crippen LogP contribution in [0.4, 0.5) is 5.69 Å². The Bertz CT molecular complexity index is 402. The molecule has 1 aromatic rings. The van der Waals surface area contributed by atoms with Crippen molar-refractivity contribution >= 4 is 5.69 Å². The fourth-order valence-electron chi connectivity index (χ4n) is 4.38. The van der Waals surface area contributed by atoms with Crippen molar-refractivity contribution in [2.45, 2.75) is 51.4 Å². The zero-order valence-electron chi connectivity index (χ0n) is 10.3. The van der Waals surface area contributed by atoms with Crippen LogP contribution >= 0.6 is 0 Å². The first-order valence-corrected chi connectivity index (χ1v) is 6.48. The van der Waals surface area contributed by atoms with Crippen LogP contribution in [0.25, 0.3) is 0 Å². The lowest BCUT2D eigenvalue weighted by Crippen LogP contribution is -2.22. The second-order valence-electron chi connectivity index (χ2n) is 5.96. The summed E-state index contributed by atoms with van der Waals surface area (Å²) in [4.78, 5) is 0. The van der Waals surface area contributed by atoms with Gasteiger partial charge in [0.2, 0.25) is 0 Å². The predicted octanol–water partition coefficient (Wildman–Crippen LogP) is 3.72. The van der Waals surface area contributed by atoms with Crippen LogP contribution in [0, 0.1) is 19.8 Å². The van der Waals surface area contributed by atoms with Crippen molar-refractivity contribution in [2.75, 3.05) is 5.73 Å². The maximum Gasteiger partial charge on any atom is 0.0319 e. The number of hydrogen-bond donors (Lipinski definition) is 1. The highest BCUT2D eigenvalue weighted by Crippen LogP contribution is 2.56. The van der Waals surface area contributed by atoms with Crippen molar-refractivity contribution in [1.82, 2.24) is 0 Å². The largest absolute Gasteiger partial charge is 0.399 e. The van der Waals surface area contributed by atoms with Crippen molar-refractivity contribution < 1.29 is 0 Å². The summed E-state index contributed by atoms with van der Waals surface area (Å²) in [5.74, 6) is 1.01. The minimum atomic E-state index is 0.520. The maximum atomic E-state index is 5.92. The zero-order chi connectivity index (χ0) is 11.3. The third kappa shape index (κ3) is 1.30. The van der Waals surface area contributed by atoms with Gasteiger partial charge in [0.25, 0.3) is 0 Å². The lowest BCUT2D eigenvalue weighted by molar-refractivity contribution is 0.415. The van der Waals surface area contributed by atoms with Crippen LogP contribution in [0.5, 0.6) is 0 Å². The first-order chi connectivity index (χ1) is 7.61. The number of aryl methyl sites for hydroxylation is 2. The normalized spacial score (nSPS) is 32.2. The van der Waals surface area contributed by atoms with Gasteiger partial charge in [-0.25, -0.2) is 0 Å². The molecule has 2 N–H and O–H groups in total. The van der Waals surface area contributed by atoms with E-state index in [1.165, 1.54) is 43.2 Å². The van der Waals surface area contributed by atoms with Crippen molar-refractivity contribution in [3.05, 3.63) is 28.8 Å². The second-order valence-corrected chi connectivity index (χ2v) is 5.96. The van der Waals surface area contributed by atoms with Gasteiger partial charge in [-0.2, -0.15) is 0 Å². The molecule has 0 aromatic heterocycles. The minimum Gasteiger partial charge on any atom is -0.399 e. The Kier molecular flexibility index (Phi) is 2.07. The topological polar surface area (TPSA) is 26.0 Å². The minimum absolute atomic E-state index is 0.520. The standard InChI is InChI=1S/C15H21N/c1-10-7-13(16)8-11(2)14(10)15-5-3-12(9-15)4-6-15/h7-8,12H,3-6,9,16H2,1-2H3. The van der Waals surface area contributed by atoms with Gasteiger partial charge in [-0.3, -0.25) is 0 Å². The quantitative estimate of drug-likeness (QED) is 0.710. The molecule has 0 aliphatic heterocycles. The molecule has 2 saturated carbocycles. The van der Waals surface area contributed by atoms with Gasteiger partial charge in [-0.1, -0.05) is 0 Å². The van der Waals surface area contributed by atoms with Crippen LogP contribution in [0.1, 0.15) is 48.8 Å². The molecule has 0 saturated heterocycles. The summed E-state index contributed by atoms with van der Waals surface area (Å²) in [7, 11) is 0. The van der Waals surface area contributed by atoms with E-state index in [2.05, 4.69) is 26.0 Å². The average molecular weight is 215 g/mol. The average Bonchev–Trinajstić information content (AvgIpc) is 2.75. The maximum absolute atomic E-state index is 5.92. The van der Waals surface area contributed by atoms with Gasteiger partial charge in [0.05, 0.1) is 0 Å². The number of rotatable bonds is 1. The van der Waals surface area contributed by atoms with Gasteiger partial charge in [-0.05, 0) is 86.1 Å². The lowest BCUT2D eigenvalue weighted by Gasteiger charge is -2.31. The SMILES string of the molecule is Cc1cc(N)cc(C)c1C12CCC(CC1)C2. The molecular weight excluding hydrogens is 194 g/mol. The first kappa shape index (κ1) is 10.2. The highest BCUT2D eigenvalue weighted by molar-refractivity contribution is 5.52. The van der Waals surface area contributed by atoms with Gasteiger partial charge in [0.1, 0.15) is 0 Å². The van der Waals surface area contributed by atoms with Crippen LogP contribution in [0.3, 0.4) is 0 Å². The molecule has 0 heterocycles. The Morgan fingerprint density at radius 1 is 1.12 bits per heavy atom. The molecule has 1 heteroatoms. The number of nitrogens with two attached hydrogens (primary N) is 1. The highest BCUT2D eigenvalue weighted by Gasteiger charge is 2.46. The Morgan fingerprint density at radius 2 is 1.69 bits per heavy atom. The number of fused-ring (bicyclic) bond motifs is 2. The molecule has 2 fully saturated rings. The Hall–Kier alpha value is -0.980. The molecule has 0 spiro atoms. The van der Waals surface area contributed by atoms with E-state index in [-0.39, 0.29) is 0 Å². The van der Waals surface area contributed by atoms with Crippen molar-refractivity contribution in [2.24, 2.45) is 5.92 Å². The number of hydrogen-bond acceptors (Lipinski definition) is 1. The monoisotopic (exact) mass is 215 g/mol. The Morgan fingerprint density at radius 3 is 2.12 bits per heavy atom. The van der Waals surface area contributed by atoms with Gasteiger partial charge in [0.15, 0.2) is 0 Å². The third-order valence-corrected chi connectivity index (χ3v) is 4.83. The summed E-state index contributed by atoms with van der Waals surface area (Å²) in [6.07, 6.45) is 7.14. The fourth-order valence-corrected chi connectivity index (χ4v) is 4.38. The van der Waals surface area contributed by atoms with Crippen LogP contribution in [-0.4, -0.2) is 0 Å². The predicted molar refractivity (Wildman–Crippen MR) is 68.6 cm³/mol. The summed E-state index contributed by atoms with van der Waals surface area (Å²) < 4.78 is 0. The van der Waals surface area contributed by atoms with E-state index in [0.29, 0.717) is 5.41 Å². The number of benzene rings is 1. The molecule has 0 unspecified atom stereocenters.